The number of hydrogen-bond donors (Lipinski definition) is 1. The number of benzene rings is 1. The molecule has 1 aromatic carbocycles. The van der Waals surface area contributed by atoms with Crippen LogP contribution < -0.4 is 5.32 Å². The molecule has 1 aromatic heterocycles. The number of nitrogens with one attached hydrogen (secondary N) is 1. The molecule has 2 nitrogen and oxygen atoms in total. The van der Waals surface area contributed by atoms with Crippen molar-refractivity contribution < 1.29 is 0 Å². The zero-order valence-electron chi connectivity index (χ0n) is 10.4. The van der Waals surface area contributed by atoms with E-state index in [2.05, 4.69) is 29.4 Å². The van der Waals surface area contributed by atoms with E-state index < -0.39 is 0 Å². The number of hydrogen-bond acceptors (Lipinski definition) is 2. The first-order valence-corrected chi connectivity index (χ1v) is 6.49. The molecular weight excluding hydrogens is 244 g/mol. The van der Waals surface area contributed by atoms with Crippen LogP contribution in [0, 0.1) is 0 Å². The summed E-state index contributed by atoms with van der Waals surface area (Å²) < 4.78 is 0. The fraction of sp³-hybridized carbons (Fsp3) is 0.267. The van der Waals surface area contributed by atoms with Crippen molar-refractivity contribution in [3.8, 4) is 0 Å². The molecule has 2 rings (SSSR count). The van der Waals surface area contributed by atoms with E-state index in [-0.39, 0.29) is 0 Å². The first kappa shape index (κ1) is 13.1. The lowest BCUT2D eigenvalue weighted by molar-refractivity contribution is 0.545. The molecular formula is C15H17ClN2. The van der Waals surface area contributed by atoms with E-state index in [1.807, 2.05) is 30.5 Å². The highest BCUT2D eigenvalue weighted by molar-refractivity contribution is 6.31. The molecule has 0 saturated carbocycles. The van der Waals surface area contributed by atoms with Crippen LogP contribution in [-0.4, -0.2) is 11.0 Å². The van der Waals surface area contributed by atoms with Crippen molar-refractivity contribution in [2.75, 3.05) is 0 Å². The maximum atomic E-state index is 6.15. The van der Waals surface area contributed by atoms with Gasteiger partial charge >= 0.3 is 0 Å². The van der Waals surface area contributed by atoms with Gasteiger partial charge in [-0.3, -0.25) is 4.98 Å². The van der Waals surface area contributed by atoms with Gasteiger partial charge in [-0.05, 0) is 36.6 Å². The van der Waals surface area contributed by atoms with Crippen LogP contribution in [0.5, 0.6) is 0 Å². The number of rotatable bonds is 5. The van der Waals surface area contributed by atoms with Gasteiger partial charge in [-0.25, -0.2) is 0 Å². The van der Waals surface area contributed by atoms with Gasteiger partial charge in [0.15, 0.2) is 0 Å². The van der Waals surface area contributed by atoms with Gasteiger partial charge in [-0.15, -0.1) is 0 Å². The maximum absolute atomic E-state index is 6.15. The predicted octanol–water partition coefficient (Wildman–Crippen LogP) is 3.46. The number of nitrogens with zero attached hydrogens (tertiary/aromatic N) is 1. The number of halogens is 1. The quantitative estimate of drug-likeness (QED) is 0.891. The second-order valence-corrected chi connectivity index (χ2v) is 4.85. The van der Waals surface area contributed by atoms with Crippen molar-refractivity contribution in [3.63, 3.8) is 0 Å². The highest BCUT2D eigenvalue weighted by atomic mass is 35.5. The standard InChI is InChI=1S/C15H17ClN2/c1-12(9-14-6-2-3-7-15(14)16)18-11-13-5-4-8-17-10-13/h2-8,10,12,18H,9,11H2,1H3. The summed E-state index contributed by atoms with van der Waals surface area (Å²) in [6.45, 7) is 3.00. The molecule has 0 radical (unpaired) electrons. The van der Waals surface area contributed by atoms with Crippen LogP contribution in [0.15, 0.2) is 48.8 Å². The predicted molar refractivity (Wildman–Crippen MR) is 75.7 cm³/mol. The van der Waals surface area contributed by atoms with E-state index in [4.69, 9.17) is 11.6 Å². The van der Waals surface area contributed by atoms with Crippen molar-refractivity contribution >= 4 is 11.6 Å². The minimum Gasteiger partial charge on any atom is -0.310 e. The van der Waals surface area contributed by atoms with E-state index in [1.165, 1.54) is 11.1 Å². The maximum Gasteiger partial charge on any atom is 0.0438 e. The Morgan fingerprint density at radius 2 is 2.06 bits per heavy atom. The zero-order chi connectivity index (χ0) is 12.8. The van der Waals surface area contributed by atoms with Gasteiger partial charge in [0.25, 0.3) is 0 Å². The summed E-state index contributed by atoms with van der Waals surface area (Å²) in [5.74, 6) is 0. The summed E-state index contributed by atoms with van der Waals surface area (Å²) in [7, 11) is 0. The minimum atomic E-state index is 0.380. The normalized spacial score (nSPS) is 12.3. The highest BCUT2D eigenvalue weighted by Crippen LogP contribution is 2.16. The van der Waals surface area contributed by atoms with Gasteiger partial charge in [0, 0.05) is 30.0 Å². The smallest absolute Gasteiger partial charge is 0.0438 e. The Bertz CT molecular complexity index is 485. The average molecular weight is 261 g/mol. The van der Waals surface area contributed by atoms with Crippen LogP contribution in [0.4, 0.5) is 0 Å². The number of aromatic nitrogens is 1. The monoisotopic (exact) mass is 260 g/mol. The minimum absolute atomic E-state index is 0.380. The first-order valence-electron chi connectivity index (χ1n) is 6.11. The molecule has 3 heteroatoms. The van der Waals surface area contributed by atoms with Gasteiger partial charge in [0.1, 0.15) is 0 Å². The first-order chi connectivity index (χ1) is 8.75. The molecule has 0 bridgehead atoms. The van der Waals surface area contributed by atoms with Gasteiger partial charge in [-0.2, -0.15) is 0 Å². The lowest BCUT2D eigenvalue weighted by atomic mass is 10.1. The summed E-state index contributed by atoms with van der Waals surface area (Å²) in [5.41, 5.74) is 2.38. The molecule has 1 heterocycles. The Labute approximate surface area is 113 Å². The van der Waals surface area contributed by atoms with Gasteiger partial charge in [-0.1, -0.05) is 35.9 Å². The van der Waals surface area contributed by atoms with E-state index in [0.29, 0.717) is 6.04 Å². The lowest BCUT2D eigenvalue weighted by Gasteiger charge is -2.14. The van der Waals surface area contributed by atoms with Crippen molar-refractivity contribution in [3.05, 3.63) is 64.9 Å². The third-order valence-corrected chi connectivity index (χ3v) is 3.23. The number of pyridine rings is 1. The van der Waals surface area contributed by atoms with E-state index in [0.717, 1.165) is 18.0 Å². The molecule has 0 aliphatic rings. The third-order valence-electron chi connectivity index (χ3n) is 2.86. The van der Waals surface area contributed by atoms with Gasteiger partial charge in [0.05, 0.1) is 0 Å². The molecule has 1 N–H and O–H groups in total. The van der Waals surface area contributed by atoms with E-state index in [9.17, 15) is 0 Å². The average Bonchev–Trinajstić information content (AvgIpc) is 2.40. The van der Waals surface area contributed by atoms with Crippen molar-refractivity contribution in [2.24, 2.45) is 0 Å². The third kappa shape index (κ3) is 3.83. The second kappa shape index (κ2) is 6.53. The Morgan fingerprint density at radius 1 is 1.22 bits per heavy atom. The molecule has 0 fully saturated rings. The molecule has 0 saturated heterocycles. The zero-order valence-corrected chi connectivity index (χ0v) is 11.2. The molecule has 1 unspecified atom stereocenters. The fourth-order valence-electron chi connectivity index (χ4n) is 1.86. The van der Waals surface area contributed by atoms with Crippen LogP contribution >= 0.6 is 11.6 Å². The van der Waals surface area contributed by atoms with Crippen LogP contribution in [0.1, 0.15) is 18.1 Å². The molecule has 94 valence electrons. The molecule has 0 amide bonds. The SMILES string of the molecule is CC(Cc1ccccc1Cl)NCc1cccnc1. The summed E-state index contributed by atoms with van der Waals surface area (Å²) in [6.07, 6.45) is 4.60. The Hall–Kier alpha value is -1.38. The molecule has 2 aromatic rings. The van der Waals surface area contributed by atoms with Gasteiger partial charge in [0.2, 0.25) is 0 Å². The second-order valence-electron chi connectivity index (χ2n) is 4.44. The Balaban J connectivity index is 1.86. The Kier molecular flexibility index (Phi) is 4.73. The summed E-state index contributed by atoms with van der Waals surface area (Å²) >= 11 is 6.15. The van der Waals surface area contributed by atoms with Crippen LogP contribution in [0.3, 0.4) is 0 Å². The van der Waals surface area contributed by atoms with Gasteiger partial charge < -0.3 is 5.32 Å². The largest absolute Gasteiger partial charge is 0.310 e. The van der Waals surface area contributed by atoms with Crippen LogP contribution in [-0.2, 0) is 13.0 Å². The highest BCUT2D eigenvalue weighted by Gasteiger charge is 2.05. The summed E-state index contributed by atoms with van der Waals surface area (Å²) in [6, 6.07) is 12.4. The van der Waals surface area contributed by atoms with Crippen molar-refractivity contribution in [2.45, 2.75) is 25.9 Å². The van der Waals surface area contributed by atoms with E-state index in [1.54, 1.807) is 6.20 Å². The molecule has 0 aliphatic heterocycles. The van der Waals surface area contributed by atoms with E-state index >= 15 is 0 Å². The lowest BCUT2D eigenvalue weighted by Crippen LogP contribution is -2.27. The molecule has 18 heavy (non-hydrogen) atoms. The molecule has 1 atom stereocenters. The molecule has 0 aliphatic carbocycles. The molecule has 0 spiro atoms. The topological polar surface area (TPSA) is 24.9 Å². The van der Waals surface area contributed by atoms with Crippen molar-refractivity contribution in [1.29, 1.82) is 0 Å². The van der Waals surface area contributed by atoms with Crippen molar-refractivity contribution in [1.82, 2.24) is 10.3 Å². The van der Waals surface area contributed by atoms with Crippen LogP contribution in [0.25, 0.3) is 0 Å². The fourth-order valence-corrected chi connectivity index (χ4v) is 2.07. The van der Waals surface area contributed by atoms with Crippen LogP contribution in [0.2, 0.25) is 5.02 Å². The Morgan fingerprint density at radius 3 is 2.78 bits per heavy atom. The summed E-state index contributed by atoms with van der Waals surface area (Å²) in [4.78, 5) is 4.10. The summed E-state index contributed by atoms with van der Waals surface area (Å²) in [5, 5.41) is 4.32.